The van der Waals surface area contributed by atoms with E-state index in [-0.39, 0.29) is 0 Å². The number of carboxylic acid groups (broad SMARTS) is 1. The van der Waals surface area contributed by atoms with Crippen LogP contribution in [0, 0.1) is 0 Å². The second kappa shape index (κ2) is 1.85. The van der Waals surface area contributed by atoms with Crippen molar-refractivity contribution in [1.82, 2.24) is 0 Å². The zero-order valence-corrected chi connectivity index (χ0v) is 3.26. The third kappa shape index (κ3) is 3.57. The molecule has 0 aromatic carbocycles. The van der Waals surface area contributed by atoms with E-state index in [4.69, 9.17) is 14.5 Å². The van der Waals surface area contributed by atoms with Gasteiger partial charge < -0.3 is 5.11 Å². The summed E-state index contributed by atoms with van der Waals surface area (Å²) in [5, 5.41) is 7.42. The van der Waals surface area contributed by atoms with Gasteiger partial charge in [0.05, 0.1) is 0 Å². The molecule has 0 spiro atoms. The molecule has 1 atom stereocenters. The van der Waals surface area contributed by atoms with Crippen molar-refractivity contribution in [2.24, 2.45) is 0 Å². The molecule has 0 fully saturated rings. The molecule has 0 rings (SSSR count). The summed E-state index contributed by atoms with van der Waals surface area (Å²) in [6, 6.07) is 0. The van der Waals surface area contributed by atoms with Crippen LogP contribution < -0.4 is 0 Å². The van der Waals surface area contributed by atoms with E-state index in [9.17, 15) is 0 Å². The largest absolute Gasteiger partial charge is 0.550 e. The number of rotatable bonds is 1. The van der Waals surface area contributed by atoms with Gasteiger partial charge in [-0.2, -0.15) is 4.79 Å². The van der Waals surface area contributed by atoms with Gasteiger partial charge in [-0.05, 0) is 0 Å². The Morgan fingerprint density at radius 3 is 2.00 bits per heavy atom. The molecule has 0 aliphatic carbocycles. The van der Waals surface area contributed by atoms with E-state index >= 15 is 0 Å². The molecule has 0 saturated carbocycles. The Bertz CT molecular complexity index is 57.9. The molecule has 0 aromatic heterocycles. The van der Waals surface area contributed by atoms with Gasteiger partial charge in [0.15, 0.2) is 0 Å². The Balaban J connectivity index is 3.20. The van der Waals surface area contributed by atoms with Crippen molar-refractivity contribution in [2.45, 2.75) is 0 Å². The van der Waals surface area contributed by atoms with Crippen LogP contribution in [0.3, 0.4) is 0 Å². The topological polar surface area (TPSA) is 54.4 Å². The Morgan fingerprint density at radius 2 is 2.00 bits per heavy atom. The number of hydrogen-bond donors (Lipinski definition) is 1. The molecule has 1 N–H and O–H groups in total. The van der Waals surface area contributed by atoms with Crippen molar-refractivity contribution >= 4 is 14.2 Å². The van der Waals surface area contributed by atoms with Crippen molar-refractivity contribution in [3.05, 3.63) is 0 Å². The average molecular weight is 93.0 g/mol. The van der Waals surface area contributed by atoms with Crippen LogP contribution in [0.1, 0.15) is 0 Å². The zero-order chi connectivity index (χ0) is 4.28. The van der Waals surface area contributed by atoms with Crippen molar-refractivity contribution in [3.8, 4) is 0 Å². The van der Waals surface area contributed by atoms with E-state index < -0.39 is 14.2 Å². The summed E-state index contributed by atoms with van der Waals surface area (Å²) >= 11 is 0. The maximum absolute atomic E-state index is 9.07. The van der Waals surface area contributed by atoms with Crippen LogP contribution in [0.15, 0.2) is 0 Å². The molecular weight excluding hydrogens is 91.0 g/mol. The highest BCUT2D eigenvalue weighted by Gasteiger charge is 1.98. The van der Waals surface area contributed by atoms with Gasteiger partial charge in [-0.25, -0.2) is 0 Å². The lowest BCUT2D eigenvalue weighted by Crippen LogP contribution is -1.68. The van der Waals surface area contributed by atoms with Crippen LogP contribution in [-0.2, 0) is 4.57 Å². The second-order valence-corrected chi connectivity index (χ2v) is 1.04. The fraction of sp³-hybridized carbons (Fsp3) is 0. The van der Waals surface area contributed by atoms with E-state index in [1.807, 2.05) is 0 Å². The van der Waals surface area contributed by atoms with Gasteiger partial charge in [-0.1, -0.05) is 4.57 Å². The van der Waals surface area contributed by atoms with E-state index in [0.29, 0.717) is 0 Å². The first-order valence-electron chi connectivity index (χ1n) is 0.882. The molecule has 0 aromatic rings. The van der Waals surface area contributed by atoms with Crippen molar-refractivity contribution in [2.75, 3.05) is 0 Å². The van der Waals surface area contributed by atoms with Crippen LogP contribution in [0.5, 0.6) is 0 Å². The highest BCUT2D eigenvalue weighted by molar-refractivity contribution is 7.45. The molecule has 28 valence electrons. The molecule has 0 bridgehead atoms. The maximum atomic E-state index is 9.07. The van der Waals surface area contributed by atoms with Crippen molar-refractivity contribution in [3.63, 3.8) is 0 Å². The lowest BCUT2D eigenvalue weighted by Gasteiger charge is -1.46. The molecule has 4 heteroatoms. The molecule has 0 saturated heterocycles. The molecule has 0 aliphatic heterocycles. The molecular formula is CH2O3P+. The van der Waals surface area contributed by atoms with E-state index in [1.165, 1.54) is 0 Å². The van der Waals surface area contributed by atoms with Crippen LogP contribution in [0.4, 0.5) is 4.79 Å². The van der Waals surface area contributed by atoms with Crippen molar-refractivity contribution < 1.29 is 14.5 Å². The first-order valence-corrected chi connectivity index (χ1v) is 1.79. The van der Waals surface area contributed by atoms with Gasteiger partial charge in [0.1, 0.15) is 0 Å². The summed E-state index contributed by atoms with van der Waals surface area (Å²) in [5.41, 5.74) is -1.27. The first kappa shape index (κ1) is 4.57. The van der Waals surface area contributed by atoms with Gasteiger partial charge in [0.25, 0.3) is 0 Å². The van der Waals surface area contributed by atoms with Crippen LogP contribution >= 0.6 is 8.46 Å². The number of hydrogen-bond acceptors (Lipinski definition) is 2. The normalized spacial score (nSPS) is 8.00. The molecule has 3 nitrogen and oxygen atoms in total. The fourth-order valence-corrected chi connectivity index (χ4v) is 0. The molecule has 0 aliphatic rings. The lowest BCUT2D eigenvalue weighted by molar-refractivity contribution is 0.220. The van der Waals surface area contributed by atoms with E-state index in [1.54, 1.807) is 0 Å². The van der Waals surface area contributed by atoms with Gasteiger partial charge in [-0.3, -0.25) is 0 Å². The molecule has 0 amide bonds. The minimum absolute atomic E-state index is 1.22. The van der Waals surface area contributed by atoms with Gasteiger partial charge in [0.2, 0.25) is 0 Å². The minimum atomic E-state index is -1.27. The molecule has 0 heterocycles. The highest BCUT2D eigenvalue weighted by Crippen LogP contribution is 1.87. The summed E-state index contributed by atoms with van der Waals surface area (Å²) < 4.78 is 9.06. The standard InChI is InChI=1S/CHO3P/c2-1(3)5-4/h(H,2,3)/p+1. The van der Waals surface area contributed by atoms with Crippen LogP contribution in [0.2, 0.25) is 0 Å². The summed E-state index contributed by atoms with van der Waals surface area (Å²) in [4.78, 5) is 9.07. The zero-order valence-electron chi connectivity index (χ0n) is 2.26. The predicted octanol–water partition coefficient (Wildman–Crippen LogP) is 0.688. The third-order valence-corrected chi connectivity index (χ3v) is 0.262. The molecule has 1 unspecified atom stereocenters. The SMILES string of the molecule is O=[PH+]C(=O)O. The number of carbonyl (C=O) groups is 1. The minimum Gasteiger partial charge on any atom is -0.443 e. The third-order valence-electron chi connectivity index (χ3n) is 0.0873. The summed E-state index contributed by atoms with van der Waals surface area (Å²) in [6.07, 6.45) is 0. The Labute approximate surface area is 29.8 Å². The molecule has 0 radical (unpaired) electrons. The van der Waals surface area contributed by atoms with Gasteiger partial charge in [-0.15, -0.1) is 0 Å². The van der Waals surface area contributed by atoms with Gasteiger partial charge in [0, 0.05) is 0 Å². The highest BCUT2D eigenvalue weighted by atomic mass is 31.1. The summed E-state index contributed by atoms with van der Waals surface area (Å²) in [5.74, 6) is 0. The molecule has 5 heavy (non-hydrogen) atoms. The second-order valence-electron chi connectivity index (χ2n) is 0.407. The smallest absolute Gasteiger partial charge is 0.443 e. The van der Waals surface area contributed by atoms with Crippen LogP contribution in [0.25, 0.3) is 0 Å². The van der Waals surface area contributed by atoms with Gasteiger partial charge >= 0.3 is 14.2 Å². The first-order chi connectivity index (χ1) is 2.27. The van der Waals surface area contributed by atoms with E-state index in [0.717, 1.165) is 0 Å². The monoisotopic (exact) mass is 93.0 g/mol. The fourth-order valence-electron chi connectivity index (χ4n) is 0. The van der Waals surface area contributed by atoms with Crippen LogP contribution in [-0.4, -0.2) is 10.8 Å². The lowest BCUT2D eigenvalue weighted by atomic mass is 11.6. The Morgan fingerprint density at radius 1 is 1.80 bits per heavy atom. The average Bonchev–Trinajstić information content (AvgIpc) is 1.38. The Hall–Kier alpha value is -0.430. The maximum Gasteiger partial charge on any atom is 0.550 e. The summed E-state index contributed by atoms with van der Waals surface area (Å²) in [6.45, 7) is 0. The van der Waals surface area contributed by atoms with Crippen molar-refractivity contribution in [1.29, 1.82) is 0 Å². The van der Waals surface area contributed by atoms with E-state index in [2.05, 4.69) is 0 Å². The Kier molecular flexibility index (Phi) is 1.69. The summed E-state index contributed by atoms with van der Waals surface area (Å²) in [7, 11) is -1.22. The quantitative estimate of drug-likeness (QED) is 0.485. The predicted molar refractivity (Wildman–Crippen MR) is 17.0 cm³/mol.